The first kappa shape index (κ1) is 19.1. The molecule has 1 aliphatic rings. The predicted octanol–water partition coefficient (Wildman–Crippen LogP) is 3.94. The van der Waals surface area contributed by atoms with Gasteiger partial charge in [0.2, 0.25) is 5.75 Å². The molecule has 0 unspecified atom stereocenters. The standard InChI is InChI=1S/C18H20F2N4O5/c1-10-5-13(24(26)27)15(28-16(19)20)6-12(10)23-14-9-22(8-11(14)7-21-23)17(25)29-18(2,3)4/h5-7,16H,8-9H2,1-4H3/i16D. The highest BCUT2D eigenvalue weighted by atomic mass is 19.3. The van der Waals surface area contributed by atoms with Crippen molar-refractivity contribution >= 4 is 11.8 Å². The molecule has 11 heteroatoms. The van der Waals surface area contributed by atoms with E-state index in [2.05, 4.69) is 9.84 Å². The van der Waals surface area contributed by atoms with Gasteiger partial charge in [-0.15, -0.1) is 0 Å². The normalized spacial score (nSPS) is 14.4. The summed E-state index contributed by atoms with van der Waals surface area (Å²) in [4.78, 5) is 24.2. The van der Waals surface area contributed by atoms with Crippen LogP contribution in [-0.2, 0) is 17.8 Å². The number of amides is 1. The van der Waals surface area contributed by atoms with E-state index in [-0.39, 0.29) is 18.8 Å². The Morgan fingerprint density at radius 1 is 1.38 bits per heavy atom. The third-order valence-electron chi connectivity index (χ3n) is 4.20. The minimum Gasteiger partial charge on any atom is -0.444 e. The molecule has 0 aliphatic carbocycles. The average Bonchev–Trinajstić information content (AvgIpc) is 3.13. The smallest absolute Gasteiger partial charge is 0.410 e. The van der Waals surface area contributed by atoms with Crippen LogP contribution in [0.1, 0.15) is 39.0 Å². The molecule has 1 aromatic heterocycles. The molecule has 29 heavy (non-hydrogen) atoms. The van der Waals surface area contributed by atoms with E-state index in [9.17, 15) is 23.7 Å². The van der Waals surface area contributed by atoms with Crippen molar-refractivity contribution in [1.29, 1.82) is 0 Å². The van der Waals surface area contributed by atoms with Crippen LogP contribution in [0.25, 0.3) is 5.69 Å². The van der Waals surface area contributed by atoms with Crippen LogP contribution >= 0.6 is 0 Å². The van der Waals surface area contributed by atoms with Gasteiger partial charge in [-0.3, -0.25) is 15.0 Å². The summed E-state index contributed by atoms with van der Waals surface area (Å²) in [7, 11) is 0. The van der Waals surface area contributed by atoms with Gasteiger partial charge in [0.15, 0.2) is 1.37 Å². The Labute approximate surface area is 166 Å². The first-order valence-electron chi connectivity index (χ1n) is 9.15. The van der Waals surface area contributed by atoms with E-state index in [1.807, 2.05) is 0 Å². The van der Waals surface area contributed by atoms with Gasteiger partial charge < -0.3 is 9.47 Å². The maximum atomic E-state index is 13.1. The van der Waals surface area contributed by atoms with E-state index < -0.39 is 34.6 Å². The van der Waals surface area contributed by atoms with Crippen molar-refractivity contribution in [3.63, 3.8) is 0 Å². The monoisotopic (exact) mass is 411 g/mol. The Hall–Kier alpha value is -3.24. The van der Waals surface area contributed by atoms with Crippen molar-refractivity contribution in [3.8, 4) is 11.4 Å². The average molecular weight is 411 g/mol. The van der Waals surface area contributed by atoms with E-state index >= 15 is 0 Å². The van der Waals surface area contributed by atoms with Crippen LogP contribution in [0.2, 0.25) is 0 Å². The fourth-order valence-electron chi connectivity index (χ4n) is 3.01. The molecule has 2 aromatic rings. The second-order valence-corrected chi connectivity index (χ2v) is 7.56. The number of fused-ring (bicyclic) bond motifs is 1. The van der Waals surface area contributed by atoms with Gasteiger partial charge in [-0.25, -0.2) is 9.48 Å². The third kappa shape index (κ3) is 4.28. The molecule has 0 atom stereocenters. The summed E-state index contributed by atoms with van der Waals surface area (Å²) in [5, 5.41) is 15.4. The third-order valence-corrected chi connectivity index (χ3v) is 4.20. The summed E-state index contributed by atoms with van der Waals surface area (Å²) in [6.45, 7) is 2.87. The maximum absolute atomic E-state index is 13.1. The Morgan fingerprint density at radius 3 is 2.66 bits per heavy atom. The molecule has 2 heterocycles. The highest BCUT2D eigenvalue weighted by Gasteiger charge is 2.32. The van der Waals surface area contributed by atoms with E-state index in [1.165, 1.54) is 15.8 Å². The van der Waals surface area contributed by atoms with E-state index in [4.69, 9.17) is 6.11 Å². The summed E-state index contributed by atoms with van der Waals surface area (Å²) in [6.07, 6.45) is 1.02. The number of carbonyl (C=O) groups is 1. The molecule has 0 bridgehead atoms. The number of ether oxygens (including phenoxy) is 2. The number of aryl methyl sites for hydroxylation is 1. The minimum atomic E-state index is -4.35. The number of nitrogens with zero attached hydrogens (tertiary/aromatic N) is 4. The van der Waals surface area contributed by atoms with Gasteiger partial charge in [-0.05, 0) is 33.3 Å². The topological polar surface area (TPSA) is 99.7 Å². The fraction of sp³-hybridized carbons (Fsp3) is 0.444. The number of hydrogen-bond donors (Lipinski definition) is 0. The molecule has 1 aliphatic heterocycles. The quantitative estimate of drug-likeness (QED) is 0.558. The van der Waals surface area contributed by atoms with Gasteiger partial charge >= 0.3 is 18.4 Å². The number of benzene rings is 1. The zero-order valence-electron chi connectivity index (χ0n) is 17.2. The number of carbonyl (C=O) groups excluding carboxylic acids is 1. The van der Waals surface area contributed by atoms with Crippen LogP contribution in [0, 0.1) is 17.0 Å². The number of halogens is 2. The zero-order chi connectivity index (χ0) is 22.4. The van der Waals surface area contributed by atoms with Gasteiger partial charge in [0.1, 0.15) is 5.60 Å². The Morgan fingerprint density at radius 2 is 2.07 bits per heavy atom. The summed E-state index contributed by atoms with van der Waals surface area (Å²) >= 11 is 0. The van der Waals surface area contributed by atoms with Gasteiger partial charge in [-0.2, -0.15) is 13.9 Å². The lowest BCUT2D eigenvalue weighted by Crippen LogP contribution is -2.33. The van der Waals surface area contributed by atoms with E-state index in [1.54, 1.807) is 27.7 Å². The molecule has 0 N–H and O–H groups in total. The second-order valence-electron chi connectivity index (χ2n) is 7.56. The first-order chi connectivity index (χ1) is 13.7. The van der Waals surface area contributed by atoms with Gasteiger partial charge in [-0.1, -0.05) is 0 Å². The lowest BCUT2D eigenvalue weighted by atomic mass is 10.1. The van der Waals surface area contributed by atoms with Crippen LogP contribution in [-0.4, -0.2) is 37.9 Å². The zero-order valence-corrected chi connectivity index (χ0v) is 16.2. The molecule has 0 saturated heterocycles. The van der Waals surface area contributed by atoms with Crippen LogP contribution in [0.3, 0.4) is 0 Å². The largest absolute Gasteiger partial charge is 0.444 e. The lowest BCUT2D eigenvalue weighted by Gasteiger charge is -2.24. The summed E-state index contributed by atoms with van der Waals surface area (Å²) in [6, 6.07) is 2.12. The van der Waals surface area contributed by atoms with Crippen LogP contribution < -0.4 is 4.74 Å². The molecular weight excluding hydrogens is 390 g/mol. The van der Waals surface area contributed by atoms with Crippen LogP contribution in [0.5, 0.6) is 5.75 Å². The fourth-order valence-corrected chi connectivity index (χ4v) is 3.01. The Balaban J connectivity index is 1.97. The van der Waals surface area contributed by atoms with Crippen molar-refractivity contribution in [1.82, 2.24) is 14.7 Å². The number of nitro benzene ring substituents is 1. The van der Waals surface area contributed by atoms with Crippen molar-refractivity contribution in [2.24, 2.45) is 0 Å². The predicted molar refractivity (Wildman–Crippen MR) is 97.1 cm³/mol. The van der Waals surface area contributed by atoms with E-state index in [0.717, 1.165) is 17.7 Å². The van der Waals surface area contributed by atoms with Gasteiger partial charge in [0, 0.05) is 17.7 Å². The number of alkyl halides is 2. The first-order valence-corrected chi connectivity index (χ1v) is 8.65. The SMILES string of the molecule is [2H]C(F)(F)Oc1cc(-n2ncc3c2CN(C(=O)OC(C)(C)C)C3)c(C)cc1[N+](=O)[O-]. The van der Waals surface area contributed by atoms with Crippen LogP contribution in [0.15, 0.2) is 18.3 Å². The number of hydrogen-bond acceptors (Lipinski definition) is 6. The summed E-state index contributed by atoms with van der Waals surface area (Å²) in [5.74, 6) is -0.758. The molecule has 0 saturated carbocycles. The van der Waals surface area contributed by atoms with Crippen molar-refractivity contribution < 1.29 is 29.3 Å². The Kier molecular flexibility index (Phi) is 4.81. The molecule has 9 nitrogen and oxygen atoms in total. The summed E-state index contributed by atoms with van der Waals surface area (Å²) in [5.41, 5.74) is 0.618. The van der Waals surface area contributed by atoms with Crippen LogP contribution in [0.4, 0.5) is 19.3 Å². The maximum Gasteiger partial charge on any atom is 0.410 e. The highest BCUT2D eigenvalue weighted by molar-refractivity contribution is 5.69. The lowest BCUT2D eigenvalue weighted by molar-refractivity contribution is -0.386. The molecule has 1 amide bonds. The molecule has 1 aromatic carbocycles. The molecule has 3 rings (SSSR count). The van der Waals surface area contributed by atoms with Crippen molar-refractivity contribution in [2.75, 3.05) is 0 Å². The molecular formula is C18H20F2N4O5. The molecule has 0 spiro atoms. The summed E-state index contributed by atoms with van der Waals surface area (Å²) < 4.78 is 43.7. The Bertz CT molecular complexity index is 1010. The minimum absolute atomic E-state index is 0.158. The van der Waals surface area contributed by atoms with Crippen molar-refractivity contribution in [3.05, 3.63) is 45.3 Å². The molecule has 156 valence electrons. The highest BCUT2D eigenvalue weighted by Crippen LogP contribution is 2.35. The molecule has 0 radical (unpaired) electrons. The van der Waals surface area contributed by atoms with Gasteiger partial charge in [0.25, 0.3) is 0 Å². The van der Waals surface area contributed by atoms with Crippen molar-refractivity contribution in [2.45, 2.75) is 53.0 Å². The number of aromatic nitrogens is 2. The van der Waals surface area contributed by atoms with E-state index in [0.29, 0.717) is 11.3 Å². The number of rotatable bonds is 4. The molecule has 0 fully saturated rings. The number of nitro groups is 1. The second kappa shape index (κ2) is 7.30. The van der Waals surface area contributed by atoms with Gasteiger partial charge in [0.05, 0.1) is 35.6 Å².